The van der Waals surface area contributed by atoms with Gasteiger partial charge in [0.15, 0.2) is 0 Å². The minimum absolute atomic E-state index is 0.0288. The SMILES string of the molecule is C=CCCCC(O)(O)O. The second kappa shape index (κ2) is 3.61. The number of hydrogen-bond donors (Lipinski definition) is 3. The fraction of sp³-hybridized carbons (Fsp3) is 0.667. The molecule has 0 saturated heterocycles. The summed E-state index contributed by atoms with van der Waals surface area (Å²) in [6, 6.07) is 0. The molecule has 0 radical (unpaired) electrons. The van der Waals surface area contributed by atoms with Crippen LogP contribution in [0.3, 0.4) is 0 Å². The third-order valence-electron chi connectivity index (χ3n) is 0.920. The summed E-state index contributed by atoms with van der Waals surface area (Å²) >= 11 is 0. The number of allylic oxidation sites excluding steroid dienone is 1. The van der Waals surface area contributed by atoms with Crippen molar-refractivity contribution in [2.24, 2.45) is 0 Å². The van der Waals surface area contributed by atoms with Gasteiger partial charge in [-0.3, -0.25) is 0 Å². The van der Waals surface area contributed by atoms with Crippen molar-refractivity contribution in [1.29, 1.82) is 0 Å². The van der Waals surface area contributed by atoms with E-state index in [0.717, 1.165) is 0 Å². The monoisotopic (exact) mass is 132 g/mol. The van der Waals surface area contributed by atoms with Gasteiger partial charge in [-0.2, -0.15) is 0 Å². The Hall–Kier alpha value is -0.380. The maximum atomic E-state index is 8.32. The summed E-state index contributed by atoms with van der Waals surface area (Å²) in [4.78, 5) is 0. The van der Waals surface area contributed by atoms with Gasteiger partial charge in [0.1, 0.15) is 0 Å². The van der Waals surface area contributed by atoms with Crippen LogP contribution >= 0.6 is 0 Å². The number of rotatable bonds is 4. The van der Waals surface area contributed by atoms with Crippen LogP contribution in [0.1, 0.15) is 19.3 Å². The molecule has 0 aromatic carbocycles. The van der Waals surface area contributed by atoms with E-state index in [4.69, 9.17) is 15.3 Å². The van der Waals surface area contributed by atoms with Gasteiger partial charge in [0.25, 0.3) is 5.97 Å². The molecule has 0 fully saturated rings. The lowest BCUT2D eigenvalue weighted by Crippen LogP contribution is -2.26. The average molecular weight is 132 g/mol. The molecule has 0 aromatic heterocycles. The molecule has 0 rings (SSSR count). The van der Waals surface area contributed by atoms with Crippen molar-refractivity contribution in [3.8, 4) is 0 Å². The van der Waals surface area contributed by atoms with Crippen LogP contribution in [0, 0.1) is 0 Å². The smallest absolute Gasteiger partial charge is 0.275 e. The quantitative estimate of drug-likeness (QED) is 0.286. The molecule has 3 heteroatoms. The molecule has 9 heavy (non-hydrogen) atoms. The zero-order valence-electron chi connectivity index (χ0n) is 5.25. The van der Waals surface area contributed by atoms with E-state index in [9.17, 15) is 0 Å². The summed E-state index contributed by atoms with van der Waals surface area (Å²) < 4.78 is 0. The highest BCUT2D eigenvalue weighted by molar-refractivity contribution is 4.66. The maximum Gasteiger partial charge on any atom is 0.275 e. The molecule has 0 heterocycles. The third-order valence-corrected chi connectivity index (χ3v) is 0.920. The van der Waals surface area contributed by atoms with Crippen molar-refractivity contribution in [2.75, 3.05) is 0 Å². The predicted octanol–water partition coefficient (Wildman–Crippen LogP) is -0.0266. The van der Waals surface area contributed by atoms with Gasteiger partial charge in [-0.15, -0.1) is 6.58 Å². The Balaban J connectivity index is 3.17. The van der Waals surface area contributed by atoms with E-state index >= 15 is 0 Å². The molecule has 0 bridgehead atoms. The first-order valence-electron chi connectivity index (χ1n) is 2.84. The van der Waals surface area contributed by atoms with Crippen LogP contribution in [0.4, 0.5) is 0 Å². The molecule has 3 nitrogen and oxygen atoms in total. The Morgan fingerprint density at radius 1 is 1.33 bits per heavy atom. The molecule has 0 aliphatic carbocycles. The van der Waals surface area contributed by atoms with E-state index in [0.29, 0.717) is 12.8 Å². The van der Waals surface area contributed by atoms with Gasteiger partial charge in [-0.05, 0) is 12.8 Å². The molecule has 0 atom stereocenters. The Morgan fingerprint density at radius 2 is 1.89 bits per heavy atom. The maximum absolute atomic E-state index is 8.32. The second-order valence-corrected chi connectivity index (χ2v) is 1.96. The van der Waals surface area contributed by atoms with Crippen LogP contribution in [-0.2, 0) is 0 Å². The standard InChI is InChI=1S/C6H12O3/c1-2-3-4-5-6(7,8)9/h2,7-9H,1,3-5H2. The first kappa shape index (κ1) is 8.62. The fourth-order valence-corrected chi connectivity index (χ4v) is 0.484. The summed E-state index contributed by atoms with van der Waals surface area (Å²) in [5.41, 5.74) is 0. The van der Waals surface area contributed by atoms with Crippen LogP contribution in [0.5, 0.6) is 0 Å². The lowest BCUT2D eigenvalue weighted by molar-refractivity contribution is -0.314. The first-order valence-corrected chi connectivity index (χ1v) is 2.84. The Bertz CT molecular complexity index is 82.8. The molecule has 0 saturated carbocycles. The summed E-state index contributed by atoms with van der Waals surface area (Å²) in [5, 5.41) is 25.0. The summed E-state index contributed by atoms with van der Waals surface area (Å²) in [5.74, 6) is -2.50. The van der Waals surface area contributed by atoms with E-state index in [1.54, 1.807) is 6.08 Å². The predicted molar refractivity (Wildman–Crippen MR) is 33.4 cm³/mol. The normalized spacial score (nSPS) is 11.4. The molecule has 0 amide bonds. The van der Waals surface area contributed by atoms with Gasteiger partial charge in [0, 0.05) is 6.42 Å². The molecule has 0 aromatic rings. The van der Waals surface area contributed by atoms with Crippen molar-refractivity contribution in [2.45, 2.75) is 25.2 Å². The number of hydrogen-bond acceptors (Lipinski definition) is 3. The molecule has 0 aliphatic heterocycles. The van der Waals surface area contributed by atoms with Crippen LogP contribution in [0.25, 0.3) is 0 Å². The van der Waals surface area contributed by atoms with E-state index in [1.807, 2.05) is 0 Å². The third kappa shape index (κ3) is 7.62. The molecular weight excluding hydrogens is 120 g/mol. The number of unbranched alkanes of at least 4 members (excludes halogenated alkanes) is 1. The van der Waals surface area contributed by atoms with Crippen molar-refractivity contribution >= 4 is 0 Å². The zero-order valence-corrected chi connectivity index (χ0v) is 5.25. The minimum atomic E-state index is -2.50. The van der Waals surface area contributed by atoms with E-state index in [-0.39, 0.29) is 6.42 Å². The average Bonchev–Trinajstić information content (AvgIpc) is 1.63. The Labute approximate surface area is 54.3 Å². The van der Waals surface area contributed by atoms with Gasteiger partial charge in [0.05, 0.1) is 0 Å². The number of aliphatic hydroxyl groups is 3. The van der Waals surface area contributed by atoms with Crippen LogP contribution in [0.15, 0.2) is 12.7 Å². The molecule has 0 aliphatic rings. The Kier molecular flexibility index (Phi) is 3.46. The molecule has 0 spiro atoms. The van der Waals surface area contributed by atoms with Gasteiger partial charge in [0.2, 0.25) is 0 Å². The lowest BCUT2D eigenvalue weighted by Gasteiger charge is -2.11. The molecule has 3 N–H and O–H groups in total. The van der Waals surface area contributed by atoms with Crippen molar-refractivity contribution in [3.63, 3.8) is 0 Å². The zero-order chi connectivity index (χ0) is 7.33. The van der Waals surface area contributed by atoms with Crippen LogP contribution in [0.2, 0.25) is 0 Å². The van der Waals surface area contributed by atoms with E-state index in [1.165, 1.54) is 0 Å². The topological polar surface area (TPSA) is 60.7 Å². The van der Waals surface area contributed by atoms with Gasteiger partial charge in [-0.1, -0.05) is 6.08 Å². The van der Waals surface area contributed by atoms with Gasteiger partial charge < -0.3 is 15.3 Å². The lowest BCUT2D eigenvalue weighted by atomic mass is 10.2. The Morgan fingerprint density at radius 3 is 2.22 bits per heavy atom. The highest BCUT2D eigenvalue weighted by Crippen LogP contribution is 2.06. The fourth-order valence-electron chi connectivity index (χ4n) is 0.484. The molecule has 54 valence electrons. The molecular formula is C6H12O3. The van der Waals surface area contributed by atoms with Crippen LogP contribution in [-0.4, -0.2) is 21.3 Å². The second-order valence-electron chi connectivity index (χ2n) is 1.96. The van der Waals surface area contributed by atoms with Crippen molar-refractivity contribution in [3.05, 3.63) is 12.7 Å². The largest absolute Gasteiger partial charge is 0.344 e. The highest BCUT2D eigenvalue weighted by atomic mass is 16.7. The minimum Gasteiger partial charge on any atom is -0.344 e. The van der Waals surface area contributed by atoms with E-state index < -0.39 is 5.97 Å². The van der Waals surface area contributed by atoms with E-state index in [2.05, 4.69) is 6.58 Å². The molecule has 0 unspecified atom stereocenters. The first-order chi connectivity index (χ1) is 4.06. The van der Waals surface area contributed by atoms with Gasteiger partial charge in [-0.25, -0.2) is 0 Å². The van der Waals surface area contributed by atoms with Gasteiger partial charge >= 0.3 is 0 Å². The van der Waals surface area contributed by atoms with Crippen molar-refractivity contribution < 1.29 is 15.3 Å². The highest BCUT2D eigenvalue weighted by Gasteiger charge is 2.15. The van der Waals surface area contributed by atoms with Crippen molar-refractivity contribution in [1.82, 2.24) is 0 Å². The summed E-state index contributed by atoms with van der Waals surface area (Å²) in [6.45, 7) is 3.44. The summed E-state index contributed by atoms with van der Waals surface area (Å²) in [7, 11) is 0. The summed E-state index contributed by atoms with van der Waals surface area (Å²) in [6.07, 6.45) is 2.85. The van der Waals surface area contributed by atoms with Crippen LogP contribution < -0.4 is 0 Å².